The first kappa shape index (κ1) is 16.9. The Morgan fingerprint density at radius 1 is 1.45 bits per heavy atom. The molecule has 1 atom stereocenters. The number of aryl methyl sites for hydroxylation is 1. The van der Waals surface area contributed by atoms with Crippen LogP contribution in [-0.4, -0.2) is 25.5 Å². The van der Waals surface area contributed by atoms with Gasteiger partial charge in [-0.25, -0.2) is 13.1 Å². The fourth-order valence-electron chi connectivity index (χ4n) is 1.91. The molecule has 0 aromatic heterocycles. The summed E-state index contributed by atoms with van der Waals surface area (Å²) >= 11 is 5.82. The molecule has 0 saturated carbocycles. The van der Waals surface area contributed by atoms with Crippen molar-refractivity contribution in [2.75, 3.05) is 0 Å². The van der Waals surface area contributed by atoms with Crippen LogP contribution in [0.3, 0.4) is 0 Å². The molecule has 0 radical (unpaired) electrons. The van der Waals surface area contributed by atoms with Crippen LogP contribution in [0.1, 0.15) is 31.7 Å². The van der Waals surface area contributed by atoms with Crippen molar-refractivity contribution >= 4 is 27.6 Å². The van der Waals surface area contributed by atoms with Crippen molar-refractivity contribution in [1.29, 1.82) is 0 Å². The van der Waals surface area contributed by atoms with E-state index in [1.807, 2.05) is 6.92 Å². The van der Waals surface area contributed by atoms with Gasteiger partial charge in [-0.3, -0.25) is 4.79 Å². The van der Waals surface area contributed by atoms with E-state index in [9.17, 15) is 13.2 Å². The molecule has 112 valence electrons. The van der Waals surface area contributed by atoms with E-state index in [1.165, 1.54) is 6.07 Å². The summed E-state index contributed by atoms with van der Waals surface area (Å²) < 4.78 is 27.1. The number of halogens is 1. The van der Waals surface area contributed by atoms with E-state index >= 15 is 0 Å². The Morgan fingerprint density at radius 2 is 2.10 bits per heavy atom. The summed E-state index contributed by atoms with van der Waals surface area (Å²) in [6.45, 7) is 3.53. The van der Waals surface area contributed by atoms with Crippen LogP contribution < -0.4 is 4.72 Å². The zero-order chi connectivity index (χ0) is 15.3. The number of hydrogen-bond acceptors (Lipinski definition) is 3. The number of aliphatic carboxylic acids is 1. The van der Waals surface area contributed by atoms with E-state index in [0.717, 1.165) is 0 Å². The number of carboxylic acid groups (broad SMARTS) is 1. The van der Waals surface area contributed by atoms with Crippen molar-refractivity contribution < 1.29 is 18.3 Å². The van der Waals surface area contributed by atoms with E-state index < -0.39 is 22.0 Å². The summed E-state index contributed by atoms with van der Waals surface area (Å²) in [4.78, 5) is 10.9. The van der Waals surface area contributed by atoms with Crippen molar-refractivity contribution in [3.8, 4) is 0 Å². The summed E-state index contributed by atoms with van der Waals surface area (Å²) in [7, 11) is -3.78. The fourth-order valence-corrected chi connectivity index (χ4v) is 3.69. The average Bonchev–Trinajstić information content (AvgIpc) is 2.31. The van der Waals surface area contributed by atoms with Gasteiger partial charge in [-0.2, -0.15) is 0 Å². The lowest BCUT2D eigenvalue weighted by Gasteiger charge is -2.17. The first-order valence-electron chi connectivity index (χ1n) is 6.26. The number of carboxylic acids is 1. The van der Waals surface area contributed by atoms with Crippen LogP contribution >= 0.6 is 11.6 Å². The molecule has 0 fully saturated rings. The Labute approximate surface area is 124 Å². The Balaban J connectivity index is 3.02. The number of sulfonamides is 1. The maximum absolute atomic E-state index is 12.3. The molecule has 1 unspecified atom stereocenters. The third-order valence-corrected chi connectivity index (χ3v) is 4.72. The van der Waals surface area contributed by atoms with Crippen LogP contribution in [0.15, 0.2) is 23.1 Å². The summed E-state index contributed by atoms with van der Waals surface area (Å²) in [5.41, 5.74) is 0.562. The number of hydrogen-bond donors (Lipinski definition) is 2. The predicted molar refractivity (Wildman–Crippen MR) is 77.5 cm³/mol. The minimum absolute atomic E-state index is 0.0801. The molecule has 5 nitrogen and oxygen atoms in total. The summed E-state index contributed by atoms with van der Waals surface area (Å²) in [5, 5.41) is 9.14. The second-order valence-corrected chi connectivity index (χ2v) is 6.73. The van der Waals surface area contributed by atoms with Crippen molar-refractivity contribution in [2.45, 2.75) is 44.0 Å². The van der Waals surface area contributed by atoms with Gasteiger partial charge in [0.1, 0.15) is 0 Å². The third-order valence-electron chi connectivity index (χ3n) is 2.82. The molecule has 0 aliphatic heterocycles. The van der Waals surface area contributed by atoms with Gasteiger partial charge in [0.05, 0.1) is 11.3 Å². The van der Waals surface area contributed by atoms with Gasteiger partial charge in [-0.1, -0.05) is 31.0 Å². The van der Waals surface area contributed by atoms with Crippen molar-refractivity contribution in [1.82, 2.24) is 4.72 Å². The predicted octanol–water partition coefficient (Wildman–Crippen LogP) is 2.57. The molecule has 0 spiro atoms. The first-order chi connectivity index (χ1) is 9.26. The summed E-state index contributed by atoms with van der Waals surface area (Å²) in [5.74, 6) is -1.03. The molecular weight excluding hydrogens is 302 g/mol. The van der Waals surface area contributed by atoms with Crippen LogP contribution in [0.5, 0.6) is 0 Å². The van der Waals surface area contributed by atoms with Crippen molar-refractivity contribution in [2.24, 2.45) is 0 Å². The lowest BCUT2D eigenvalue weighted by Crippen LogP contribution is -2.36. The maximum Gasteiger partial charge on any atom is 0.304 e. The van der Waals surface area contributed by atoms with E-state index in [1.54, 1.807) is 19.1 Å². The Bertz CT molecular complexity index is 586. The van der Waals surface area contributed by atoms with Gasteiger partial charge in [0.15, 0.2) is 0 Å². The summed E-state index contributed by atoms with van der Waals surface area (Å²) in [6, 6.07) is 3.96. The highest BCUT2D eigenvalue weighted by molar-refractivity contribution is 7.89. The van der Waals surface area contributed by atoms with Gasteiger partial charge in [0, 0.05) is 11.1 Å². The van der Waals surface area contributed by atoms with Crippen LogP contribution in [-0.2, 0) is 14.8 Å². The average molecular weight is 320 g/mol. The van der Waals surface area contributed by atoms with Crippen LogP contribution in [0.25, 0.3) is 0 Å². The normalized spacial score (nSPS) is 13.2. The summed E-state index contributed by atoms with van der Waals surface area (Å²) in [6.07, 6.45) is 0.910. The standard InChI is InChI=1S/C13H18ClNO4S/c1-3-4-11(8-13(16)17)15-20(18,19)12-7-10(14)6-5-9(12)2/h5-7,11,15H,3-4,8H2,1-2H3,(H,16,17). The smallest absolute Gasteiger partial charge is 0.304 e. The number of benzene rings is 1. The molecule has 0 bridgehead atoms. The molecule has 1 aromatic rings. The Morgan fingerprint density at radius 3 is 2.65 bits per heavy atom. The van der Waals surface area contributed by atoms with Crippen molar-refractivity contribution in [3.05, 3.63) is 28.8 Å². The molecule has 0 amide bonds. The largest absolute Gasteiger partial charge is 0.481 e. The molecule has 20 heavy (non-hydrogen) atoms. The van der Waals surface area contributed by atoms with Crippen LogP contribution in [0.2, 0.25) is 5.02 Å². The lowest BCUT2D eigenvalue weighted by molar-refractivity contribution is -0.137. The topological polar surface area (TPSA) is 83.5 Å². The molecule has 1 aromatic carbocycles. The number of carbonyl (C=O) groups is 1. The van der Waals surface area contributed by atoms with E-state index in [-0.39, 0.29) is 11.3 Å². The molecule has 1 rings (SSSR count). The minimum Gasteiger partial charge on any atom is -0.481 e. The molecule has 0 aliphatic rings. The fraction of sp³-hybridized carbons (Fsp3) is 0.462. The second kappa shape index (κ2) is 7.06. The highest BCUT2D eigenvalue weighted by Crippen LogP contribution is 2.21. The van der Waals surface area contributed by atoms with Gasteiger partial charge >= 0.3 is 5.97 Å². The van der Waals surface area contributed by atoms with Gasteiger partial charge in [-0.05, 0) is 31.0 Å². The van der Waals surface area contributed by atoms with Crippen LogP contribution in [0.4, 0.5) is 0 Å². The maximum atomic E-state index is 12.3. The van der Waals surface area contributed by atoms with E-state index in [0.29, 0.717) is 23.4 Å². The Hall–Kier alpha value is -1.11. The van der Waals surface area contributed by atoms with Crippen molar-refractivity contribution in [3.63, 3.8) is 0 Å². The molecular formula is C13H18ClNO4S. The second-order valence-electron chi connectivity index (χ2n) is 4.61. The molecule has 0 aliphatic carbocycles. The quantitative estimate of drug-likeness (QED) is 0.809. The van der Waals surface area contributed by atoms with E-state index in [4.69, 9.17) is 16.7 Å². The molecule has 7 heteroatoms. The highest BCUT2D eigenvalue weighted by atomic mass is 35.5. The minimum atomic E-state index is -3.78. The monoisotopic (exact) mass is 319 g/mol. The zero-order valence-electron chi connectivity index (χ0n) is 11.4. The van der Waals surface area contributed by atoms with Gasteiger partial charge in [0.2, 0.25) is 10.0 Å². The van der Waals surface area contributed by atoms with E-state index in [2.05, 4.69) is 4.72 Å². The lowest BCUT2D eigenvalue weighted by atomic mass is 10.1. The SMILES string of the molecule is CCCC(CC(=O)O)NS(=O)(=O)c1cc(Cl)ccc1C. The molecule has 2 N–H and O–H groups in total. The van der Waals surface area contributed by atoms with Crippen LogP contribution in [0, 0.1) is 6.92 Å². The zero-order valence-corrected chi connectivity index (χ0v) is 13.0. The van der Waals surface area contributed by atoms with Gasteiger partial charge in [0.25, 0.3) is 0 Å². The van der Waals surface area contributed by atoms with Gasteiger partial charge < -0.3 is 5.11 Å². The number of rotatable bonds is 7. The molecule has 0 heterocycles. The Kier molecular flexibility index (Phi) is 5.98. The number of nitrogens with one attached hydrogen (secondary N) is 1. The highest BCUT2D eigenvalue weighted by Gasteiger charge is 2.23. The van der Waals surface area contributed by atoms with Gasteiger partial charge in [-0.15, -0.1) is 0 Å². The molecule has 0 saturated heterocycles. The third kappa shape index (κ3) is 4.77. The first-order valence-corrected chi connectivity index (χ1v) is 8.12.